The normalized spacial score (nSPS) is 11.2. The maximum Gasteiger partial charge on any atom is 1.00 e. The van der Waals surface area contributed by atoms with Crippen molar-refractivity contribution >= 4 is 27.2 Å². The van der Waals surface area contributed by atoms with E-state index < -0.39 is 10.1 Å². The van der Waals surface area contributed by atoms with Crippen molar-refractivity contribution in [1.82, 2.24) is 0 Å². The molecule has 0 fully saturated rings. The van der Waals surface area contributed by atoms with Crippen LogP contribution in [0.15, 0.2) is 63.7 Å². The second-order valence-electron chi connectivity index (χ2n) is 3.74. The second kappa shape index (κ2) is 7.41. The zero-order valence-corrected chi connectivity index (χ0v) is 14.7. The first-order chi connectivity index (χ1) is 8.95. The van der Waals surface area contributed by atoms with Gasteiger partial charge in [-0.05, 0) is 48.5 Å². The number of hydrogen-bond donors (Lipinski definition) is 1. The molecular formula is C12H10KN3O3S. The molecule has 8 heteroatoms. The first-order valence-corrected chi connectivity index (χ1v) is 6.69. The van der Waals surface area contributed by atoms with Crippen LogP contribution in [-0.4, -0.2) is 13.0 Å². The zero-order valence-electron chi connectivity index (χ0n) is 10.7. The molecule has 0 saturated heterocycles. The molecule has 0 spiro atoms. The van der Waals surface area contributed by atoms with E-state index in [0.717, 1.165) is 0 Å². The minimum Gasteiger partial charge on any atom is -0.744 e. The number of nitrogen functional groups attached to an aromatic ring is 1. The van der Waals surface area contributed by atoms with Crippen LogP contribution >= 0.6 is 0 Å². The van der Waals surface area contributed by atoms with Crippen molar-refractivity contribution in [2.24, 2.45) is 10.2 Å². The van der Waals surface area contributed by atoms with Gasteiger partial charge in [0.25, 0.3) is 0 Å². The summed E-state index contributed by atoms with van der Waals surface area (Å²) >= 11 is 0. The molecule has 2 aromatic rings. The summed E-state index contributed by atoms with van der Waals surface area (Å²) in [5, 5.41) is 7.87. The third-order valence-corrected chi connectivity index (χ3v) is 3.15. The van der Waals surface area contributed by atoms with Gasteiger partial charge in [-0.1, -0.05) is 0 Å². The van der Waals surface area contributed by atoms with Crippen LogP contribution in [0.25, 0.3) is 0 Å². The Kier molecular flexibility index (Phi) is 6.46. The first kappa shape index (κ1) is 17.4. The molecule has 0 atom stereocenters. The molecule has 0 aliphatic rings. The maximum atomic E-state index is 10.7. The molecule has 6 nitrogen and oxygen atoms in total. The Morgan fingerprint density at radius 3 is 1.65 bits per heavy atom. The average Bonchev–Trinajstić information content (AvgIpc) is 2.37. The fourth-order valence-electron chi connectivity index (χ4n) is 1.34. The molecule has 0 bridgehead atoms. The smallest absolute Gasteiger partial charge is 0.744 e. The quantitative estimate of drug-likeness (QED) is 0.359. The van der Waals surface area contributed by atoms with Crippen molar-refractivity contribution in [3.05, 3.63) is 48.5 Å². The maximum absolute atomic E-state index is 10.7. The number of azo groups is 1. The van der Waals surface area contributed by atoms with Gasteiger partial charge in [0.1, 0.15) is 10.1 Å². The third-order valence-electron chi connectivity index (χ3n) is 2.30. The summed E-state index contributed by atoms with van der Waals surface area (Å²) in [7, 11) is -4.43. The van der Waals surface area contributed by atoms with Gasteiger partial charge in [-0.2, -0.15) is 10.2 Å². The molecule has 20 heavy (non-hydrogen) atoms. The van der Waals surface area contributed by atoms with Crippen LogP contribution in [0.4, 0.5) is 17.1 Å². The third kappa shape index (κ3) is 5.06. The molecule has 98 valence electrons. The molecule has 0 aromatic heterocycles. The van der Waals surface area contributed by atoms with Crippen LogP contribution in [0.3, 0.4) is 0 Å². The van der Waals surface area contributed by atoms with Gasteiger partial charge in [0.2, 0.25) is 0 Å². The monoisotopic (exact) mass is 315 g/mol. The van der Waals surface area contributed by atoms with E-state index in [1.807, 2.05) is 0 Å². The van der Waals surface area contributed by atoms with Crippen molar-refractivity contribution in [3.8, 4) is 0 Å². The van der Waals surface area contributed by atoms with Crippen molar-refractivity contribution in [1.29, 1.82) is 0 Å². The molecular weight excluding hydrogens is 305 g/mol. The van der Waals surface area contributed by atoms with Gasteiger partial charge in [0, 0.05) is 5.69 Å². The summed E-state index contributed by atoms with van der Waals surface area (Å²) in [6, 6.07) is 12.0. The van der Waals surface area contributed by atoms with Crippen molar-refractivity contribution < 1.29 is 64.4 Å². The van der Waals surface area contributed by atoms with Crippen molar-refractivity contribution in [2.75, 3.05) is 5.73 Å². The van der Waals surface area contributed by atoms with Gasteiger partial charge < -0.3 is 10.3 Å². The minimum absolute atomic E-state index is 0. The summed E-state index contributed by atoms with van der Waals surface area (Å²) in [6.07, 6.45) is 0. The topological polar surface area (TPSA) is 108 Å². The van der Waals surface area contributed by atoms with Crippen molar-refractivity contribution in [2.45, 2.75) is 4.90 Å². The molecule has 2 rings (SSSR count). The van der Waals surface area contributed by atoms with Crippen LogP contribution in [-0.2, 0) is 10.1 Å². The van der Waals surface area contributed by atoms with E-state index >= 15 is 0 Å². The molecule has 0 saturated carbocycles. The Hall–Kier alpha value is -0.614. The van der Waals surface area contributed by atoms with E-state index in [4.69, 9.17) is 5.73 Å². The molecule has 0 aliphatic carbocycles. The summed E-state index contributed by atoms with van der Waals surface area (Å²) in [6.45, 7) is 0. The SMILES string of the molecule is Nc1ccc(N=Nc2ccc(S(=O)(=O)[O-])cc2)cc1.[K+]. The summed E-state index contributed by atoms with van der Waals surface area (Å²) in [5.74, 6) is 0. The number of rotatable bonds is 3. The molecule has 0 radical (unpaired) electrons. The number of nitrogens with two attached hydrogens (primary N) is 1. The Bertz CT molecular complexity index is 698. The van der Waals surface area contributed by atoms with E-state index in [1.54, 1.807) is 24.3 Å². The molecule has 0 unspecified atom stereocenters. The van der Waals surface area contributed by atoms with Gasteiger partial charge in [-0.15, -0.1) is 0 Å². The second-order valence-corrected chi connectivity index (χ2v) is 5.12. The van der Waals surface area contributed by atoms with Crippen molar-refractivity contribution in [3.63, 3.8) is 0 Å². The van der Waals surface area contributed by atoms with Crippen LogP contribution in [0.2, 0.25) is 0 Å². The van der Waals surface area contributed by atoms with Gasteiger partial charge in [-0.3, -0.25) is 0 Å². The Morgan fingerprint density at radius 1 is 0.850 bits per heavy atom. The number of benzene rings is 2. The minimum atomic E-state index is -4.43. The molecule has 0 aliphatic heterocycles. The summed E-state index contributed by atoms with van der Waals surface area (Å²) in [5.41, 5.74) is 7.23. The van der Waals surface area contributed by atoms with Crippen LogP contribution < -0.4 is 57.1 Å². The zero-order chi connectivity index (χ0) is 13.9. The van der Waals surface area contributed by atoms with Crippen LogP contribution in [0, 0.1) is 0 Å². The fraction of sp³-hybridized carbons (Fsp3) is 0. The first-order valence-electron chi connectivity index (χ1n) is 5.28. The fourth-order valence-corrected chi connectivity index (χ4v) is 1.81. The molecule has 0 heterocycles. The molecule has 0 amide bonds. The van der Waals surface area contributed by atoms with E-state index in [1.165, 1.54) is 24.3 Å². The van der Waals surface area contributed by atoms with Gasteiger partial charge in [0.15, 0.2) is 0 Å². The Balaban J connectivity index is 0.00000200. The standard InChI is InChI=1S/C12H11N3O3S.K/c13-9-1-3-10(4-2-9)14-15-11-5-7-12(8-6-11)19(16,17)18;/h1-8H,13H2,(H,16,17,18);/q;+1/p-1. The Morgan fingerprint density at radius 2 is 1.25 bits per heavy atom. The average molecular weight is 315 g/mol. The van der Waals surface area contributed by atoms with E-state index in [0.29, 0.717) is 17.1 Å². The van der Waals surface area contributed by atoms with Gasteiger partial charge >= 0.3 is 51.4 Å². The van der Waals surface area contributed by atoms with E-state index in [9.17, 15) is 13.0 Å². The van der Waals surface area contributed by atoms with Gasteiger partial charge in [0.05, 0.1) is 16.3 Å². The van der Waals surface area contributed by atoms with Crippen LogP contribution in [0.1, 0.15) is 0 Å². The van der Waals surface area contributed by atoms with E-state index in [2.05, 4.69) is 10.2 Å². The summed E-state index contributed by atoms with van der Waals surface area (Å²) < 4.78 is 32.2. The van der Waals surface area contributed by atoms with Crippen LogP contribution in [0.5, 0.6) is 0 Å². The van der Waals surface area contributed by atoms with E-state index in [-0.39, 0.29) is 56.3 Å². The number of nitrogens with zero attached hydrogens (tertiary/aromatic N) is 2. The number of hydrogen-bond acceptors (Lipinski definition) is 6. The summed E-state index contributed by atoms with van der Waals surface area (Å²) in [4.78, 5) is -0.293. The van der Waals surface area contributed by atoms with Gasteiger partial charge in [-0.25, -0.2) is 8.42 Å². The largest absolute Gasteiger partial charge is 1.00 e. The predicted octanol–water partition coefficient (Wildman–Crippen LogP) is -0.408. The predicted molar refractivity (Wildman–Crippen MR) is 69.4 cm³/mol. The Labute approximate surface area is 159 Å². The molecule has 2 N–H and O–H groups in total. The molecule has 2 aromatic carbocycles. The number of anilines is 1.